The lowest BCUT2D eigenvalue weighted by Crippen LogP contribution is -2.24. The van der Waals surface area contributed by atoms with E-state index in [1.54, 1.807) is 6.33 Å². The molecule has 1 rings (SSSR count). The molecule has 0 saturated heterocycles. The van der Waals surface area contributed by atoms with Crippen LogP contribution < -0.4 is 5.32 Å². The predicted octanol–water partition coefficient (Wildman–Crippen LogP) is 1.19. The quantitative estimate of drug-likeness (QED) is 0.680. The first-order valence-corrected chi connectivity index (χ1v) is 6.50. The number of nitrogens with one attached hydrogen (secondary N) is 1. The van der Waals surface area contributed by atoms with Gasteiger partial charge >= 0.3 is 0 Å². The fourth-order valence-corrected chi connectivity index (χ4v) is 1.84. The van der Waals surface area contributed by atoms with Crippen LogP contribution in [0.15, 0.2) is 6.33 Å². The van der Waals surface area contributed by atoms with Gasteiger partial charge in [0.2, 0.25) is 0 Å². The summed E-state index contributed by atoms with van der Waals surface area (Å²) >= 11 is 0. The monoisotopic (exact) mass is 240 g/mol. The smallest absolute Gasteiger partial charge is 0.140 e. The summed E-state index contributed by atoms with van der Waals surface area (Å²) < 4.78 is 1.94. The molecular weight excluding hydrogens is 216 g/mol. The summed E-state index contributed by atoms with van der Waals surface area (Å²) in [5.41, 5.74) is 0. The maximum atomic E-state index is 8.91. The van der Waals surface area contributed by atoms with Crippen molar-refractivity contribution in [2.24, 2.45) is 5.92 Å². The van der Waals surface area contributed by atoms with Gasteiger partial charge in [0, 0.05) is 13.2 Å². The molecule has 1 aromatic heterocycles. The number of aryl methyl sites for hydroxylation is 1. The van der Waals surface area contributed by atoms with Crippen LogP contribution in [0.2, 0.25) is 0 Å². The fourth-order valence-electron chi connectivity index (χ4n) is 1.84. The van der Waals surface area contributed by atoms with Crippen LogP contribution in [0.3, 0.4) is 0 Å². The lowest BCUT2D eigenvalue weighted by molar-refractivity contribution is 0.251. The van der Waals surface area contributed by atoms with E-state index in [1.807, 2.05) is 4.68 Å². The molecule has 1 unspecified atom stereocenters. The summed E-state index contributed by atoms with van der Waals surface area (Å²) in [5.74, 6) is 1.54. The highest BCUT2D eigenvalue weighted by Gasteiger charge is 2.07. The average Bonchev–Trinajstić information content (AvgIpc) is 2.76. The van der Waals surface area contributed by atoms with E-state index < -0.39 is 0 Å². The maximum Gasteiger partial charge on any atom is 0.140 e. The van der Waals surface area contributed by atoms with Crippen LogP contribution in [0.5, 0.6) is 0 Å². The van der Waals surface area contributed by atoms with Crippen molar-refractivity contribution in [1.29, 1.82) is 0 Å². The molecule has 1 aromatic rings. The normalized spacial score (nSPS) is 12.9. The third-order valence-electron chi connectivity index (χ3n) is 2.96. The second-order valence-corrected chi connectivity index (χ2v) is 4.32. The molecule has 2 N–H and O–H groups in total. The molecule has 17 heavy (non-hydrogen) atoms. The Morgan fingerprint density at radius 2 is 2.29 bits per heavy atom. The molecule has 5 heteroatoms. The van der Waals surface area contributed by atoms with Crippen LogP contribution in [0.25, 0.3) is 0 Å². The molecule has 98 valence electrons. The van der Waals surface area contributed by atoms with Crippen molar-refractivity contribution in [3.05, 3.63) is 12.2 Å². The van der Waals surface area contributed by atoms with Crippen LogP contribution in [-0.2, 0) is 13.1 Å². The SMILES string of the molecule is CCCn1ncnc1CNCC(CC)CCO. The second kappa shape index (κ2) is 8.20. The van der Waals surface area contributed by atoms with E-state index in [-0.39, 0.29) is 6.61 Å². The van der Waals surface area contributed by atoms with Gasteiger partial charge in [0.15, 0.2) is 0 Å². The van der Waals surface area contributed by atoms with Crippen molar-refractivity contribution in [1.82, 2.24) is 20.1 Å². The van der Waals surface area contributed by atoms with E-state index in [0.717, 1.165) is 44.7 Å². The first kappa shape index (κ1) is 14.1. The number of aliphatic hydroxyl groups excluding tert-OH is 1. The zero-order valence-corrected chi connectivity index (χ0v) is 10.9. The Morgan fingerprint density at radius 3 is 2.94 bits per heavy atom. The highest BCUT2D eigenvalue weighted by molar-refractivity contribution is 4.83. The Bertz CT molecular complexity index is 300. The van der Waals surface area contributed by atoms with Crippen LogP contribution in [0.4, 0.5) is 0 Å². The van der Waals surface area contributed by atoms with E-state index in [1.165, 1.54) is 0 Å². The van der Waals surface area contributed by atoms with Crippen LogP contribution in [-0.4, -0.2) is 33.0 Å². The Morgan fingerprint density at radius 1 is 1.47 bits per heavy atom. The third kappa shape index (κ3) is 4.83. The minimum atomic E-state index is 0.270. The van der Waals surface area contributed by atoms with Crippen molar-refractivity contribution >= 4 is 0 Å². The van der Waals surface area contributed by atoms with Gasteiger partial charge in [-0.1, -0.05) is 20.3 Å². The van der Waals surface area contributed by atoms with Crippen molar-refractivity contribution < 1.29 is 5.11 Å². The van der Waals surface area contributed by atoms with Gasteiger partial charge in [0.05, 0.1) is 6.54 Å². The molecule has 0 aromatic carbocycles. The van der Waals surface area contributed by atoms with E-state index >= 15 is 0 Å². The van der Waals surface area contributed by atoms with Crippen LogP contribution in [0.1, 0.15) is 38.9 Å². The Kier molecular flexibility index (Phi) is 6.81. The fraction of sp³-hybridized carbons (Fsp3) is 0.833. The largest absolute Gasteiger partial charge is 0.396 e. The Balaban J connectivity index is 2.31. The van der Waals surface area contributed by atoms with Gasteiger partial charge < -0.3 is 10.4 Å². The number of aromatic nitrogens is 3. The molecule has 5 nitrogen and oxygen atoms in total. The summed E-state index contributed by atoms with van der Waals surface area (Å²) in [7, 11) is 0. The molecule has 0 saturated carbocycles. The van der Waals surface area contributed by atoms with Crippen LogP contribution in [0, 0.1) is 5.92 Å². The summed E-state index contributed by atoms with van der Waals surface area (Å²) in [4.78, 5) is 4.24. The molecule has 0 fully saturated rings. The highest BCUT2D eigenvalue weighted by Crippen LogP contribution is 2.06. The molecule has 0 bridgehead atoms. The van der Waals surface area contributed by atoms with Gasteiger partial charge in [-0.05, 0) is 25.3 Å². The van der Waals surface area contributed by atoms with Gasteiger partial charge in [0.1, 0.15) is 12.2 Å². The van der Waals surface area contributed by atoms with Gasteiger partial charge in [-0.2, -0.15) is 5.10 Å². The first-order chi connectivity index (χ1) is 8.31. The van der Waals surface area contributed by atoms with Gasteiger partial charge in [-0.3, -0.25) is 0 Å². The van der Waals surface area contributed by atoms with Crippen molar-refractivity contribution in [3.63, 3.8) is 0 Å². The summed E-state index contributed by atoms with van der Waals surface area (Å²) in [6.07, 6.45) is 4.64. The zero-order chi connectivity index (χ0) is 12.5. The lowest BCUT2D eigenvalue weighted by atomic mass is 10.0. The Hall–Kier alpha value is -0.940. The topological polar surface area (TPSA) is 63.0 Å². The van der Waals surface area contributed by atoms with E-state index in [0.29, 0.717) is 5.92 Å². The molecule has 1 atom stereocenters. The van der Waals surface area contributed by atoms with Crippen LogP contribution >= 0.6 is 0 Å². The lowest BCUT2D eigenvalue weighted by Gasteiger charge is -2.14. The maximum absolute atomic E-state index is 8.91. The molecule has 1 heterocycles. The number of nitrogens with zero attached hydrogens (tertiary/aromatic N) is 3. The predicted molar refractivity (Wildman–Crippen MR) is 67.5 cm³/mol. The van der Waals surface area contributed by atoms with E-state index in [9.17, 15) is 0 Å². The highest BCUT2D eigenvalue weighted by atomic mass is 16.3. The standard InChI is InChI=1S/C12H24N4O/c1-3-6-16-12(14-10-15-16)9-13-8-11(4-2)5-7-17/h10-11,13,17H,3-9H2,1-2H3. The van der Waals surface area contributed by atoms with Crippen molar-refractivity contribution in [3.8, 4) is 0 Å². The number of hydrogen-bond acceptors (Lipinski definition) is 4. The van der Waals surface area contributed by atoms with Crippen molar-refractivity contribution in [2.45, 2.75) is 46.2 Å². The summed E-state index contributed by atoms with van der Waals surface area (Å²) in [5, 5.41) is 16.5. The number of aliphatic hydroxyl groups is 1. The van der Waals surface area contributed by atoms with E-state index in [4.69, 9.17) is 5.11 Å². The number of rotatable bonds is 9. The van der Waals surface area contributed by atoms with Crippen molar-refractivity contribution in [2.75, 3.05) is 13.2 Å². The van der Waals surface area contributed by atoms with Gasteiger partial charge in [-0.25, -0.2) is 9.67 Å². The number of hydrogen-bond donors (Lipinski definition) is 2. The zero-order valence-electron chi connectivity index (χ0n) is 10.9. The minimum Gasteiger partial charge on any atom is -0.396 e. The minimum absolute atomic E-state index is 0.270. The third-order valence-corrected chi connectivity index (χ3v) is 2.96. The van der Waals surface area contributed by atoms with E-state index in [2.05, 4.69) is 29.2 Å². The molecule has 0 aliphatic rings. The molecule has 0 aliphatic heterocycles. The van der Waals surface area contributed by atoms with Gasteiger partial charge in [0.25, 0.3) is 0 Å². The molecule has 0 radical (unpaired) electrons. The average molecular weight is 240 g/mol. The molecule has 0 aliphatic carbocycles. The first-order valence-electron chi connectivity index (χ1n) is 6.50. The summed E-state index contributed by atoms with van der Waals surface area (Å²) in [6, 6.07) is 0. The molecule has 0 spiro atoms. The van der Waals surface area contributed by atoms with Gasteiger partial charge in [-0.15, -0.1) is 0 Å². The molecular formula is C12H24N4O. The second-order valence-electron chi connectivity index (χ2n) is 4.32. The molecule has 0 amide bonds. The summed E-state index contributed by atoms with van der Waals surface area (Å²) in [6.45, 7) is 7.16. The Labute approximate surface area is 103 Å².